The van der Waals surface area contributed by atoms with Crippen LogP contribution in [0.1, 0.15) is 30.3 Å². The number of aromatic nitrogens is 1. The lowest BCUT2D eigenvalue weighted by Crippen LogP contribution is -2.39. The Morgan fingerprint density at radius 2 is 2.00 bits per heavy atom. The lowest BCUT2D eigenvalue weighted by molar-refractivity contribution is -0.138. The summed E-state index contributed by atoms with van der Waals surface area (Å²) in [7, 11) is 0. The second kappa shape index (κ2) is 9.51. The quantitative estimate of drug-likeness (QED) is 0.308. The average molecular weight is 481 g/mol. The number of carbonyl (C=O) groups is 2. The smallest absolute Gasteiger partial charge is 0.338 e. The van der Waals surface area contributed by atoms with Gasteiger partial charge in [-0.25, -0.2) is 9.79 Å². The Hall–Kier alpha value is -3.56. The first-order valence-corrected chi connectivity index (χ1v) is 11.7. The zero-order valence-electron chi connectivity index (χ0n) is 17.9. The number of allylic oxidation sites excluding steroid dienone is 1. The molecule has 0 spiro atoms. The minimum atomic E-state index is -0.618. The molecule has 7 nitrogen and oxygen atoms in total. The Morgan fingerprint density at radius 3 is 2.64 bits per heavy atom. The van der Waals surface area contributed by atoms with Crippen molar-refractivity contribution in [2.75, 3.05) is 6.61 Å². The predicted octanol–water partition coefficient (Wildman–Crippen LogP) is 2.95. The monoisotopic (exact) mass is 480 g/mol. The van der Waals surface area contributed by atoms with Crippen molar-refractivity contribution in [1.29, 1.82) is 0 Å². The summed E-state index contributed by atoms with van der Waals surface area (Å²) in [5.74, 6) is -0.496. The van der Waals surface area contributed by atoms with E-state index in [0.29, 0.717) is 26.4 Å². The first kappa shape index (κ1) is 22.6. The molecule has 0 radical (unpaired) electrons. The second-order valence-electron chi connectivity index (χ2n) is 7.15. The van der Waals surface area contributed by atoms with E-state index >= 15 is 0 Å². The fourth-order valence-corrected chi connectivity index (χ4v) is 5.33. The summed E-state index contributed by atoms with van der Waals surface area (Å²) >= 11 is 2.71. The molecule has 3 heterocycles. The Bertz CT molecular complexity index is 1430. The maximum absolute atomic E-state index is 13.5. The molecule has 0 fully saturated rings. The number of ether oxygens (including phenoxy) is 2. The SMILES string of the molecule is C=CCOC(=O)C1=C(C)N=c2s/c(=C/c3ccc(OC(C)=O)cc3)c(=O)n2C1c1cccs1. The first-order chi connectivity index (χ1) is 15.9. The molecule has 0 N–H and O–H groups in total. The lowest BCUT2D eigenvalue weighted by atomic mass is 10.0. The van der Waals surface area contributed by atoms with E-state index in [1.165, 1.54) is 35.7 Å². The van der Waals surface area contributed by atoms with Gasteiger partial charge in [0.25, 0.3) is 5.56 Å². The van der Waals surface area contributed by atoms with Crippen molar-refractivity contribution in [1.82, 2.24) is 4.57 Å². The summed E-state index contributed by atoms with van der Waals surface area (Å²) < 4.78 is 12.4. The van der Waals surface area contributed by atoms with E-state index in [2.05, 4.69) is 11.6 Å². The standard InChI is InChI=1S/C24H20N2O5S2/c1-4-11-30-23(29)20-14(2)25-24-26(21(20)18-6-5-12-32-18)22(28)19(33-24)13-16-7-9-17(10-8-16)31-15(3)27/h4-10,12-13,21H,1,11H2,2-3H3/b19-13+. The molecule has 168 valence electrons. The van der Waals surface area contributed by atoms with Gasteiger partial charge in [-0.3, -0.25) is 14.2 Å². The van der Waals surface area contributed by atoms with E-state index < -0.39 is 18.0 Å². The van der Waals surface area contributed by atoms with Crippen LogP contribution >= 0.6 is 22.7 Å². The van der Waals surface area contributed by atoms with Crippen LogP contribution in [-0.4, -0.2) is 23.1 Å². The Labute approximate surface area is 197 Å². The van der Waals surface area contributed by atoms with Gasteiger partial charge in [0.05, 0.1) is 15.8 Å². The zero-order chi connectivity index (χ0) is 23.5. The third kappa shape index (κ3) is 4.64. The van der Waals surface area contributed by atoms with Crippen molar-refractivity contribution in [2.24, 2.45) is 4.99 Å². The van der Waals surface area contributed by atoms with E-state index in [9.17, 15) is 14.4 Å². The van der Waals surface area contributed by atoms with Crippen LogP contribution in [0.15, 0.2) is 75.5 Å². The molecule has 0 saturated heterocycles. The Kier molecular flexibility index (Phi) is 6.52. The van der Waals surface area contributed by atoms with Crippen LogP contribution in [0.25, 0.3) is 6.08 Å². The van der Waals surface area contributed by atoms with Gasteiger partial charge in [-0.05, 0) is 42.1 Å². The second-order valence-corrected chi connectivity index (χ2v) is 9.14. The third-order valence-electron chi connectivity index (χ3n) is 4.83. The molecular weight excluding hydrogens is 460 g/mol. The van der Waals surface area contributed by atoms with E-state index in [1.54, 1.807) is 41.8 Å². The van der Waals surface area contributed by atoms with Gasteiger partial charge in [-0.1, -0.05) is 42.2 Å². The summed E-state index contributed by atoms with van der Waals surface area (Å²) in [5.41, 5.74) is 1.37. The van der Waals surface area contributed by atoms with Crippen molar-refractivity contribution in [2.45, 2.75) is 19.9 Å². The fourth-order valence-electron chi connectivity index (χ4n) is 3.46. The minimum Gasteiger partial charge on any atom is -0.458 e. The number of thiophene rings is 1. The topological polar surface area (TPSA) is 87.0 Å². The highest BCUT2D eigenvalue weighted by molar-refractivity contribution is 7.10. The molecule has 0 bridgehead atoms. The first-order valence-electron chi connectivity index (χ1n) is 10.0. The van der Waals surface area contributed by atoms with Gasteiger partial charge in [-0.15, -0.1) is 11.3 Å². The molecule has 1 unspecified atom stereocenters. The van der Waals surface area contributed by atoms with Gasteiger partial charge in [0.1, 0.15) is 18.4 Å². The summed E-state index contributed by atoms with van der Waals surface area (Å²) in [6.07, 6.45) is 3.25. The summed E-state index contributed by atoms with van der Waals surface area (Å²) in [4.78, 5) is 43.3. The fraction of sp³-hybridized carbons (Fsp3) is 0.167. The average Bonchev–Trinajstić information content (AvgIpc) is 3.41. The molecule has 1 atom stereocenters. The molecule has 1 aliphatic heterocycles. The van der Waals surface area contributed by atoms with Gasteiger partial charge in [-0.2, -0.15) is 0 Å². The van der Waals surface area contributed by atoms with Gasteiger partial charge < -0.3 is 9.47 Å². The molecule has 0 amide bonds. The molecule has 2 aromatic heterocycles. The van der Waals surface area contributed by atoms with Crippen LogP contribution in [-0.2, 0) is 14.3 Å². The van der Waals surface area contributed by atoms with Crippen LogP contribution < -0.4 is 19.6 Å². The van der Waals surface area contributed by atoms with E-state index in [0.717, 1.165) is 10.4 Å². The van der Waals surface area contributed by atoms with Crippen LogP contribution in [0.3, 0.4) is 0 Å². The molecule has 33 heavy (non-hydrogen) atoms. The normalized spacial score (nSPS) is 15.6. The maximum atomic E-state index is 13.5. The van der Waals surface area contributed by atoms with Crippen LogP contribution in [0, 0.1) is 0 Å². The number of carbonyl (C=O) groups excluding carboxylic acids is 2. The van der Waals surface area contributed by atoms with Crippen molar-refractivity contribution < 1.29 is 19.1 Å². The number of hydrogen-bond donors (Lipinski definition) is 0. The minimum absolute atomic E-state index is 0.0700. The van der Waals surface area contributed by atoms with Crippen molar-refractivity contribution >= 4 is 40.7 Å². The van der Waals surface area contributed by atoms with E-state index in [1.807, 2.05) is 17.5 Å². The van der Waals surface area contributed by atoms with Crippen LogP contribution in [0.4, 0.5) is 0 Å². The predicted molar refractivity (Wildman–Crippen MR) is 127 cm³/mol. The molecule has 0 saturated carbocycles. The third-order valence-corrected chi connectivity index (χ3v) is 6.73. The zero-order valence-corrected chi connectivity index (χ0v) is 19.6. The lowest BCUT2D eigenvalue weighted by Gasteiger charge is -2.23. The maximum Gasteiger partial charge on any atom is 0.338 e. The van der Waals surface area contributed by atoms with Gasteiger partial charge in [0.2, 0.25) is 0 Å². The molecule has 3 aromatic rings. The largest absolute Gasteiger partial charge is 0.458 e. The number of esters is 2. The van der Waals surface area contributed by atoms with Gasteiger partial charge >= 0.3 is 11.9 Å². The number of thiazole rings is 1. The molecule has 1 aromatic carbocycles. The van der Waals surface area contributed by atoms with Crippen molar-refractivity contribution in [3.8, 4) is 5.75 Å². The van der Waals surface area contributed by atoms with Gasteiger partial charge in [0, 0.05) is 11.8 Å². The molecular formula is C24H20N2O5S2. The van der Waals surface area contributed by atoms with E-state index in [4.69, 9.17) is 9.47 Å². The highest BCUT2D eigenvalue weighted by Gasteiger charge is 2.33. The molecule has 4 rings (SSSR count). The Balaban J connectivity index is 1.82. The Morgan fingerprint density at radius 1 is 1.24 bits per heavy atom. The summed E-state index contributed by atoms with van der Waals surface area (Å²) in [5, 5.41) is 1.90. The van der Waals surface area contributed by atoms with Crippen LogP contribution in [0.2, 0.25) is 0 Å². The van der Waals surface area contributed by atoms with Crippen molar-refractivity contribution in [3.63, 3.8) is 0 Å². The molecule has 1 aliphatic rings. The number of hydrogen-bond acceptors (Lipinski definition) is 8. The van der Waals surface area contributed by atoms with Crippen LogP contribution in [0.5, 0.6) is 5.75 Å². The van der Waals surface area contributed by atoms with Crippen molar-refractivity contribution in [3.05, 3.63) is 95.8 Å². The van der Waals surface area contributed by atoms with E-state index in [-0.39, 0.29) is 12.2 Å². The number of nitrogens with zero attached hydrogens (tertiary/aromatic N) is 2. The summed E-state index contributed by atoms with van der Waals surface area (Å²) in [6, 6.07) is 10.00. The number of rotatable bonds is 6. The molecule has 0 aliphatic carbocycles. The summed E-state index contributed by atoms with van der Waals surface area (Å²) in [6.45, 7) is 6.73. The number of benzene rings is 1. The number of fused-ring (bicyclic) bond motifs is 1. The highest BCUT2D eigenvalue weighted by Crippen LogP contribution is 2.33. The van der Waals surface area contributed by atoms with Gasteiger partial charge in [0.15, 0.2) is 4.80 Å². The molecule has 9 heteroatoms. The highest BCUT2D eigenvalue weighted by atomic mass is 32.1.